The number of rotatable bonds is 7. The molecule has 6 heteroatoms. The van der Waals surface area contributed by atoms with E-state index in [0.29, 0.717) is 11.9 Å². The Hall–Kier alpha value is -2.50. The van der Waals surface area contributed by atoms with Crippen LogP contribution in [0.3, 0.4) is 0 Å². The van der Waals surface area contributed by atoms with Crippen LogP contribution < -0.4 is 15.5 Å². The van der Waals surface area contributed by atoms with Gasteiger partial charge >= 0.3 is 0 Å². The van der Waals surface area contributed by atoms with Crippen LogP contribution in [0.4, 0.5) is 5.69 Å². The lowest BCUT2D eigenvalue weighted by Crippen LogP contribution is -2.50. The van der Waals surface area contributed by atoms with E-state index in [1.54, 1.807) is 0 Å². The van der Waals surface area contributed by atoms with Crippen molar-refractivity contribution in [2.24, 2.45) is 10.9 Å². The predicted molar refractivity (Wildman–Crippen MR) is 125 cm³/mol. The van der Waals surface area contributed by atoms with Gasteiger partial charge in [0.2, 0.25) is 5.91 Å². The second-order valence-corrected chi connectivity index (χ2v) is 8.23. The van der Waals surface area contributed by atoms with Gasteiger partial charge in [-0.2, -0.15) is 0 Å². The summed E-state index contributed by atoms with van der Waals surface area (Å²) in [6, 6.07) is 9.08. The topological polar surface area (TPSA) is 60.0 Å². The summed E-state index contributed by atoms with van der Waals surface area (Å²) in [5, 5.41) is 6.96. The molecule has 0 spiro atoms. The molecule has 164 valence electrons. The lowest BCUT2D eigenvalue weighted by atomic mass is 9.98. The first-order valence-corrected chi connectivity index (χ1v) is 11.4. The van der Waals surface area contributed by atoms with E-state index in [-0.39, 0.29) is 5.92 Å². The first kappa shape index (κ1) is 22.2. The monoisotopic (exact) mass is 411 g/mol. The van der Waals surface area contributed by atoms with Crippen molar-refractivity contribution in [1.29, 1.82) is 0 Å². The highest BCUT2D eigenvalue weighted by Gasteiger charge is 2.26. The lowest BCUT2D eigenvalue weighted by Gasteiger charge is -2.34. The Labute approximate surface area is 181 Å². The van der Waals surface area contributed by atoms with Crippen LogP contribution in [-0.2, 0) is 11.3 Å². The number of anilines is 1. The fraction of sp³-hybridized carbons (Fsp3) is 0.583. The van der Waals surface area contributed by atoms with Gasteiger partial charge in [0, 0.05) is 57.4 Å². The molecule has 1 aromatic carbocycles. The summed E-state index contributed by atoms with van der Waals surface area (Å²) < 4.78 is 0. The Morgan fingerprint density at radius 3 is 2.30 bits per heavy atom. The highest BCUT2D eigenvalue weighted by atomic mass is 16.2. The molecule has 6 nitrogen and oxygen atoms in total. The molecule has 1 aromatic rings. The van der Waals surface area contributed by atoms with Gasteiger partial charge in [-0.05, 0) is 43.4 Å². The molecule has 0 saturated carbocycles. The van der Waals surface area contributed by atoms with E-state index in [0.717, 1.165) is 64.4 Å². The second kappa shape index (κ2) is 11.0. The average Bonchev–Trinajstić information content (AvgIpc) is 3.33. The van der Waals surface area contributed by atoms with Gasteiger partial charge in [-0.1, -0.05) is 38.1 Å². The van der Waals surface area contributed by atoms with Crippen LogP contribution in [-0.4, -0.2) is 56.0 Å². The molecule has 30 heavy (non-hydrogen) atoms. The lowest BCUT2D eigenvalue weighted by molar-refractivity contribution is -0.136. The van der Waals surface area contributed by atoms with Crippen LogP contribution in [0.25, 0.3) is 0 Å². The van der Waals surface area contributed by atoms with Crippen LogP contribution in [0.5, 0.6) is 0 Å². The summed E-state index contributed by atoms with van der Waals surface area (Å²) in [6.07, 6.45) is 8.20. The summed E-state index contributed by atoms with van der Waals surface area (Å²) in [5.41, 5.74) is 2.50. The van der Waals surface area contributed by atoms with Gasteiger partial charge in [0.1, 0.15) is 0 Å². The smallest absolute Gasteiger partial charge is 0.225 e. The summed E-state index contributed by atoms with van der Waals surface area (Å²) in [4.78, 5) is 21.4. The number of benzene rings is 1. The van der Waals surface area contributed by atoms with Crippen molar-refractivity contribution in [2.75, 3.05) is 38.1 Å². The van der Waals surface area contributed by atoms with E-state index in [4.69, 9.17) is 0 Å². The third-order valence-corrected chi connectivity index (χ3v) is 6.29. The van der Waals surface area contributed by atoms with Crippen LogP contribution in [0, 0.1) is 5.92 Å². The Morgan fingerprint density at radius 1 is 1.10 bits per heavy atom. The molecule has 1 fully saturated rings. The fourth-order valence-electron chi connectivity index (χ4n) is 4.23. The van der Waals surface area contributed by atoms with Crippen molar-refractivity contribution in [3.63, 3.8) is 0 Å². The maximum atomic E-state index is 12.6. The zero-order valence-corrected chi connectivity index (χ0v) is 18.7. The van der Waals surface area contributed by atoms with E-state index in [1.165, 1.54) is 11.3 Å². The summed E-state index contributed by atoms with van der Waals surface area (Å²) in [7, 11) is 1.81. The largest absolute Gasteiger partial charge is 0.364 e. The van der Waals surface area contributed by atoms with Gasteiger partial charge in [0.05, 0.1) is 0 Å². The van der Waals surface area contributed by atoms with Crippen molar-refractivity contribution in [3.8, 4) is 0 Å². The molecule has 1 amide bonds. The van der Waals surface area contributed by atoms with E-state index < -0.39 is 0 Å². The molecular weight excluding hydrogens is 374 g/mol. The third kappa shape index (κ3) is 5.77. The van der Waals surface area contributed by atoms with Crippen LogP contribution in [0.2, 0.25) is 0 Å². The summed E-state index contributed by atoms with van der Waals surface area (Å²) in [6.45, 7) is 8.60. The van der Waals surface area contributed by atoms with Gasteiger partial charge in [0.25, 0.3) is 0 Å². The Morgan fingerprint density at radius 2 is 1.73 bits per heavy atom. The number of nitrogens with zero attached hydrogens (tertiary/aromatic N) is 3. The Balaban J connectivity index is 1.42. The van der Waals surface area contributed by atoms with Crippen LogP contribution in [0.1, 0.15) is 45.1 Å². The van der Waals surface area contributed by atoms with Crippen molar-refractivity contribution < 1.29 is 4.79 Å². The molecule has 2 heterocycles. The quantitative estimate of drug-likeness (QED) is 0.411. The zero-order valence-electron chi connectivity index (χ0n) is 18.7. The fourth-order valence-corrected chi connectivity index (χ4v) is 4.23. The Kier molecular flexibility index (Phi) is 8.17. The molecule has 0 aliphatic carbocycles. The minimum absolute atomic E-state index is 0.178. The minimum atomic E-state index is 0.178. The summed E-state index contributed by atoms with van der Waals surface area (Å²) in [5.74, 6) is 1.33. The van der Waals surface area contributed by atoms with E-state index in [1.807, 2.05) is 11.9 Å². The molecule has 0 bridgehead atoms. The van der Waals surface area contributed by atoms with Gasteiger partial charge in [-0.15, -0.1) is 0 Å². The molecule has 0 aromatic heterocycles. The number of amides is 1. The maximum Gasteiger partial charge on any atom is 0.225 e. The molecule has 2 aliphatic heterocycles. The molecule has 2 aliphatic rings. The number of hydrogen-bond donors (Lipinski definition) is 2. The van der Waals surface area contributed by atoms with Crippen molar-refractivity contribution in [1.82, 2.24) is 15.5 Å². The number of carbonyl (C=O) groups excluding carboxylic acids is 1. The highest BCUT2D eigenvalue weighted by molar-refractivity contribution is 5.80. The molecule has 0 radical (unpaired) electrons. The van der Waals surface area contributed by atoms with Gasteiger partial charge in [0.15, 0.2) is 5.96 Å². The third-order valence-electron chi connectivity index (χ3n) is 6.29. The number of likely N-dealkylation sites (tertiary alicyclic amines) is 1. The number of hydrogen-bond acceptors (Lipinski definition) is 3. The molecule has 3 rings (SSSR count). The first-order valence-electron chi connectivity index (χ1n) is 11.4. The SMILES string of the molecule is CCC(CC)C(=O)N1CCC(NC(=NC)NCc2ccc(N3CC=CC3)cc2)CC1. The van der Waals surface area contributed by atoms with Gasteiger partial charge in [-0.25, -0.2) is 0 Å². The van der Waals surface area contributed by atoms with E-state index >= 15 is 0 Å². The van der Waals surface area contributed by atoms with E-state index in [2.05, 4.69) is 70.8 Å². The standard InChI is InChI=1S/C24H37N5O/c1-4-20(5-2)23(30)29-16-12-21(13-17-29)27-24(25-3)26-18-19-8-10-22(11-9-19)28-14-6-7-15-28/h6-11,20-21H,4-5,12-18H2,1-3H3,(H2,25,26,27). The molecule has 0 unspecified atom stereocenters. The number of guanidine groups is 1. The number of carbonyl (C=O) groups is 1. The van der Waals surface area contributed by atoms with Crippen molar-refractivity contribution >= 4 is 17.6 Å². The molecule has 1 saturated heterocycles. The second-order valence-electron chi connectivity index (χ2n) is 8.23. The zero-order chi connectivity index (χ0) is 21.3. The normalized spacial score (nSPS) is 17.7. The molecular formula is C24H37N5O. The predicted octanol–water partition coefficient (Wildman–Crippen LogP) is 3.16. The van der Waals surface area contributed by atoms with Crippen LogP contribution in [0.15, 0.2) is 41.4 Å². The van der Waals surface area contributed by atoms with Gasteiger partial charge < -0.3 is 20.4 Å². The molecule has 2 N–H and O–H groups in total. The summed E-state index contributed by atoms with van der Waals surface area (Å²) >= 11 is 0. The Bertz CT molecular complexity index is 722. The number of nitrogens with one attached hydrogen (secondary N) is 2. The van der Waals surface area contributed by atoms with Crippen molar-refractivity contribution in [2.45, 2.75) is 52.1 Å². The maximum absolute atomic E-state index is 12.6. The number of piperidine rings is 1. The van der Waals surface area contributed by atoms with Gasteiger partial charge in [-0.3, -0.25) is 9.79 Å². The molecule has 0 atom stereocenters. The van der Waals surface area contributed by atoms with E-state index in [9.17, 15) is 4.79 Å². The van der Waals surface area contributed by atoms with Crippen LogP contribution >= 0.6 is 0 Å². The number of aliphatic imine (C=N–C) groups is 1. The first-order chi connectivity index (χ1) is 14.6. The minimum Gasteiger partial charge on any atom is -0.364 e. The van der Waals surface area contributed by atoms with Crippen molar-refractivity contribution in [3.05, 3.63) is 42.0 Å². The average molecular weight is 412 g/mol. The highest BCUT2D eigenvalue weighted by Crippen LogP contribution is 2.18.